The summed E-state index contributed by atoms with van der Waals surface area (Å²) >= 11 is 0. The number of aryl methyl sites for hydroxylation is 2. The maximum absolute atomic E-state index is 12.6. The van der Waals surface area contributed by atoms with Gasteiger partial charge in [-0.1, -0.05) is 6.07 Å². The van der Waals surface area contributed by atoms with Gasteiger partial charge < -0.3 is 10.2 Å². The number of piperazine rings is 1. The van der Waals surface area contributed by atoms with Crippen molar-refractivity contribution < 1.29 is 8.42 Å². The van der Waals surface area contributed by atoms with E-state index in [1.54, 1.807) is 18.2 Å². The first kappa shape index (κ1) is 16.8. The van der Waals surface area contributed by atoms with Crippen LogP contribution in [0.15, 0.2) is 47.4 Å². The Hall–Kier alpha value is -2.05. The number of hydrogen-bond donors (Lipinski definition) is 2. The fourth-order valence-electron chi connectivity index (χ4n) is 2.78. The van der Waals surface area contributed by atoms with Gasteiger partial charge in [0.1, 0.15) is 0 Å². The van der Waals surface area contributed by atoms with Crippen LogP contribution in [0.5, 0.6) is 0 Å². The van der Waals surface area contributed by atoms with E-state index in [0.717, 1.165) is 43.0 Å². The molecular formula is C18H23N3O2S. The highest BCUT2D eigenvalue weighted by Gasteiger charge is 2.16. The minimum Gasteiger partial charge on any atom is -0.369 e. The molecule has 0 aromatic heterocycles. The lowest BCUT2D eigenvalue weighted by molar-refractivity contribution is 0.589. The average Bonchev–Trinajstić information content (AvgIpc) is 2.59. The topological polar surface area (TPSA) is 61.4 Å². The van der Waals surface area contributed by atoms with Crippen molar-refractivity contribution >= 4 is 21.4 Å². The predicted molar refractivity (Wildman–Crippen MR) is 98.2 cm³/mol. The van der Waals surface area contributed by atoms with E-state index in [1.165, 1.54) is 0 Å². The second kappa shape index (κ2) is 6.83. The summed E-state index contributed by atoms with van der Waals surface area (Å²) in [5.41, 5.74) is 3.84. The molecule has 1 aliphatic rings. The van der Waals surface area contributed by atoms with Gasteiger partial charge in [0, 0.05) is 37.6 Å². The van der Waals surface area contributed by atoms with Crippen LogP contribution >= 0.6 is 0 Å². The van der Waals surface area contributed by atoms with Crippen molar-refractivity contribution in [3.8, 4) is 0 Å². The molecule has 0 atom stereocenters. The second-order valence-electron chi connectivity index (χ2n) is 6.14. The molecule has 0 bridgehead atoms. The minimum absolute atomic E-state index is 0.277. The standard InChI is InChI=1S/C18H23N3O2S/c1-14-3-4-16(13-15(14)2)20-24(22,23)18-7-5-17(6-8-18)21-11-9-19-10-12-21/h3-8,13,19-20H,9-12H2,1-2H3. The van der Waals surface area contributed by atoms with Crippen LogP contribution in [0.1, 0.15) is 11.1 Å². The lowest BCUT2D eigenvalue weighted by Crippen LogP contribution is -2.43. The highest BCUT2D eigenvalue weighted by atomic mass is 32.2. The molecule has 2 aromatic carbocycles. The first-order chi connectivity index (χ1) is 11.5. The Labute approximate surface area is 143 Å². The van der Waals surface area contributed by atoms with E-state index in [9.17, 15) is 8.42 Å². The summed E-state index contributed by atoms with van der Waals surface area (Å²) in [7, 11) is -3.57. The van der Waals surface area contributed by atoms with Crippen LogP contribution in [0.2, 0.25) is 0 Å². The first-order valence-electron chi connectivity index (χ1n) is 8.11. The Morgan fingerprint density at radius 1 is 0.958 bits per heavy atom. The van der Waals surface area contributed by atoms with Crippen LogP contribution < -0.4 is 14.9 Å². The van der Waals surface area contributed by atoms with Gasteiger partial charge in [-0.25, -0.2) is 8.42 Å². The highest BCUT2D eigenvalue weighted by Crippen LogP contribution is 2.22. The lowest BCUT2D eigenvalue weighted by Gasteiger charge is -2.29. The molecule has 0 radical (unpaired) electrons. The Bertz CT molecular complexity index is 811. The van der Waals surface area contributed by atoms with Crippen molar-refractivity contribution in [3.05, 3.63) is 53.6 Å². The summed E-state index contributed by atoms with van der Waals surface area (Å²) in [6.45, 7) is 7.75. The predicted octanol–water partition coefficient (Wildman–Crippen LogP) is 2.51. The quantitative estimate of drug-likeness (QED) is 0.894. The van der Waals surface area contributed by atoms with Gasteiger partial charge in [-0.2, -0.15) is 0 Å². The second-order valence-corrected chi connectivity index (χ2v) is 7.82. The normalized spacial score (nSPS) is 15.3. The number of nitrogens with one attached hydrogen (secondary N) is 2. The van der Waals surface area contributed by atoms with E-state index in [-0.39, 0.29) is 4.90 Å². The first-order valence-corrected chi connectivity index (χ1v) is 9.60. The van der Waals surface area contributed by atoms with Crippen LogP contribution in [0.3, 0.4) is 0 Å². The Morgan fingerprint density at radius 2 is 1.62 bits per heavy atom. The Balaban J connectivity index is 1.77. The highest BCUT2D eigenvalue weighted by molar-refractivity contribution is 7.92. The van der Waals surface area contributed by atoms with Crippen molar-refractivity contribution in [3.63, 3.8) is 0 Å². The van der Waals surface area contributed by atoms with Gasteiger partial charge in [-0.15, -0.1) is 0 Å². The van der Waals surface area contributed by atoms with Gasteiger partial charge in [0.2, 0.25) is 0 Å². The molecule has 0 spiro atoms. The Morgan fingerprint density at radius 3 is 2.25 bits per heavy atom. The molecule has 0 aliphatic carbocycles. The van der Waals surface area contributed by atoms with Gasteiger partial charge in [0.25, 0.3) is 10.0 Å². The molecule has 0 unspecified atom stereocenters. The van der Waals surface area contributed by atoms with E-state index in [1.807, 2.05) is 38.1 Å². The minimum atomic E-state index is -3.57. The molecule has 1 heterocycles. The summed E-state index contributed by atoms with van der Waals surface area (Å²) in [6.07, 6.45) is 0. The summed E-state index contributed by atoms with van der Waals surface area (Å²) in [4.78, 5) is 2.53. The number of benzene rings is 2. The molecule has 6 heteroatoms. The molecule has 1 aliphatic heterocycles. The largest absolute Gasteiger partial charge is 0.369 e. The van der Waals surface area contributed by atoms with Crippen molar-refractivity contribution in [2.45, 2.75) is 18.7 Å². The molecule has 1 saturated heterocycles. The summed E-state index contributed by atoms with van der Waals surface area (Å²) < 4.78 is 27.8. The van der Waals surface area contributed by atoms with Gasteiger partial charge >= 0.3 is 0 Å². The molecule has 5 nitrogen and oxygen atoms in total. The van der Waals surface area contributed by atoms with Crippen LogP contribution in [0.25, 0.3) is 0 Å². The van der Waals surface area contributed by atoms with E-state index in [4.69, 9.17) is 0 Å². The third-order valence-corrected chi connectivity index (χ3v) is 5.79. The third-order valence-electron chi connectivity index (χ3n) is 4.39. The van der Waals surface area contributed by atoms with Gasteiger partial charge in [-0.05, 0) is 61.4 Å². The number of anilines is 2. The number of hydrogen-bond acceptors (Lipinski definition) is 4. The molecular weight excluding hydrogens is 322 g/mol. The van der Waals surface area contributed by atoms with E-state index in [2.05, 4.69) is 14.9 Å². The van der Waals surface area contributed by atoms with Crippen LogP contribution in [-0.2, 0) is 10.0 Å². The molecule has 2 aromatic rings. The summed E-state index contributed by atoms with van der Waals surface area (Å²) in [5.74, 6) is 0. The van der Waals surface area contributed by atoms with E-state index < -0.39 is 10.0 Å². The van der Waals surface area contributed by atoms with Crippen molar-refractivity contribution in [1.82, 2.24) is 5.32 Å². The summed E-state index contributed by atoms with van der Waals surface area (Å²) in [6, 6.07) is 12.6. The van der Waals surface area contributed by atoms with Crippen LogP contribution in [0, 0.1) is 13.8 Å². The molecule has 0 saturated carbocycles. The fourth-order valence-corrected chi connectivity index (χ4v) is 3.83. The zero-order valence-corrected chi connectivity index (χ0v) is 14.9. The average molecular weight is 345 g/mol. The molecule has 1 fully saturated rings. The maximum Gasteiger partial charge on any atom is 0.261 e. The van der Waals surface area contributed by atoms with E-state index >= 15 is 0 Å². The van der Waals surface area contributed by atoms with Gasteiger partial charge in [0.15, 0.2) is 0 Å². The molecule has 3 rings (SSSR count). The smallest absolute Gasteiger partial charge is 0.261 e. The number of nitrogens with zero attached hydrogens (tertiary/aromatic N) is 1. The van der Waals surface area contributed by atoms with Crippen molar-refractivity contribution in [2.75, 3.05) is 35.8 Å². The Kier molecular flexibility index (Phi) is 4.78. The van der Waals surface area contributed by atoms with Gasteiger partial charge in [0.05, 0.1) is 4.90 Å². The summed E-state index contributed by atoms with van der Waals surface area (Å²) in [5, 5.41) is 3.31. The van der Waals surface area contributed by atoms with Crippen molar-refractivity contribution in [1.29, 1.82) is 0 Å². The molecule has 128 valence electrons. The zero-order valence-electron chi connectivity index (χ0n) is 14.0. The maximum atomic E-state index is 12.6. The van der Waals surface area contributed by atoms with Crippen LogP contribution in [0.4, 0.5) is 11.4 Å². The fraction of sp³-hybridized carbons (Fsp3) is 0.333. The third kappa shape index (κ3) is 3.71. The molecule has 0 amide bonds. The lowest BCUT2D eigenvalue weighted by atomic mass is 10.1. The van der Waals surface area contributed by atoms with E-state index in [0.29, 0.717) is 5.69 Å². The molecule has 24 heavy (non-hydrogen) atoms. The van der Waals surface area contributed by atoms with Crippen LogP contribution in [-0.4, -0.2) is 34.6 Å². The number of rotatable bonds is 4. The zero-order chi connectivity index (χ0) is 17.2. The van der Waals surface area contributed by atoms with Gasteiger partial charge in [-0.3, -0.25) is 4.72 Å². The molecule has 2 N–H and O–H groups in total. The monoisotopic (exact) mass is 345 g/mol. The SMILES string of the molecule is Cc1ccc(NS(=O)(=O)c2ccc(N3CCNCC3)cc2)cc1C. The van der Waals surface area contributed by atoms with Crippen molar-refractivity contribution in [2.24, 2.45) is 0 Å². The number of sulfonamides is 1.